The summed E-state index contributed by atoms with van der Waals surface area (Å²) in [7, 11) is -3.66. The largest absolute Gasteiger partial charge is 0.369 e. The fourth-order valence-corrected chi connectivity index (χ4v) is 5.22. The quantitative estimate of drug-likeness (QED) is 0.636. The Morgan fingerprint density at radius 2 is 1.56 bits per heavy atom. The van der Waals surface area contributed by atoms with Crippen LogP contribution in [0.5, 0.6) is 0 Å². The summed E-state index contributed by atoms with van der Waals surface area (Å²) >= 11 is 0. The number of halogens is 1. The third-order valence-corrected chi connectivity index (χ3v) is 7.44. The molecule has 3 aromatic carbocycles. The van der Waals surface area contributed by atoms with Crippen molar-refractivity contribution in [3.8, 4) is 0 Å². The Kier molecular flexibility index (Phi) is 6.25. The van der Waals surface area contributed by atoms with Crippen molar-refractivity contribution in [1.82, 2.24) is 4.31 Å². The average Bonchev–Trinajstić information content (AvgIpc) is 2.81. The summed E-state index contributed by atoms with van der Waals surface area (Å²) in [5.41, 5.74) is 2.64. The van der Waals surface area contributed by atoms with Crippen LogP contribution in [0.15, 0.2) is 77.7 Å². The standard InChI is InChI=1S/C24H24FN3O3S/c1-18-17-22(11-12-23(18)26-24(29)19-5-3-2-4-6-19)32(30,31)28-15-13-27(14-16-28)21-9-7-20(25)8-10-21/h2-12,17H,13-16H2,1H3,(H,26,29). The molecule has 6 nitrogen and oxygen atoms in total. The highest BCUT2D eigenvalue weighted by molar-refractivity contribution is 7.89. The monoisotopic (exact) mass is 453 g/mol. The van der Waals surface area contributed by atoms with Crippen LogP contribution in [0.3, 0.4) is 0 Å². The van der Waals surface area contributed by atoms with Crippen LogP contribution in [0.25, 0.3) is 0 Å². The third-order valence-electron chi connectivity index (χ3n) is 5.55. The lowest BCUT2D eigenvalue weighted by Gasteiger charge is -2.35. The van der Waals surface area contributed by atoms with Crippen molar-refractivity contribution in [1.29, 1.82) is 0 Å². The molecule has 1 saturated heterocycles. The van der Waals surface area contributed by atoms with Crippen molar-refractivity contribution in [2.24, 2.45) is 0 Å². The molecule has 0 saturated carbocycles. The molecule has 0 aliphatic carbocycles. The molecule has 32 heavy (non-hydrogen) atoms. The molecule has 4 rings (SSSR count). The van der Waals surface area contributed by atoms with Crippen LogP contribution in [0, 0.1) is 12.7 Å². The molecule has 1 aliphatic rings. The normalized spacial score (nSPS) is 14.9. The highest BCUT2D eigenvalue weighted by Gasteiger charge is 2.29. The number of nitrogens with zero attached hydrogens (tertiary/aromatic N) is 2. The molecule has 166 valence electrons. The number of sulfonamides is 1. The van der Waals surface area contributed by atoms with E-state index in [1.165, 1.54) is 22.5 Å². The highest BCUT2D eigenvalue weighted by Crippen LogP contribution is 2.25. The van der Waals surface area contributed by atoms with Crippen LogP contribution in [0.1, 0.15) is 15.9 Å². The molecule has 8 heteroatoms. The number of carbonyl (C=O) groups is 1. The molecule has 1 N–H and O–H groups in total. The summed E-state index contributed by atoms with van der Waals surface area (Å²) < 4.78 is 40.9. The number of piperazine rings is 1. The second-order valence-electron chi connectivity index (χ2n) is 7.66. The first-order valence-corrected chi connectivity index (χ1v) is 11.8. The third kappa shape index (κ3) is 4.66. The van der Waals surface area contributed by atoms with Crippen LogP contribution >= 0.6 is 0 Å². The first-order chi connectivity index (χ1) is 15.3. The number of benzene rings is 3. The topological polar surface area (TPSA) is 69.7 Å². The van der Waals surface area contributed by atoms with Gasteiger partial charge in [-0.1, -0.05) is 18.2 Å². The van der Waals surface area contributed by atoms with Gasteiger partial charge in [0.2, 0.25) is 10.0 Å². The lowest BCUT2D eigenvalue weighted by molar-refractivity contribution is 0.102. The van der Waals surface area contributed by atoms with Gasteiger partial charge in [0.05, 0.1) is 4.90 Å². The van der Waals surface area contributed by atoms with Crippen LogP contribution < -0.4 is 10.2 Å². The van der Waals surface area contributed by atoms with Crippen molar-refractivity contribution in [2.75, 3.05) is 36.4 Å². The maximum Gasteiger partial charge on any atom is 0.255 e. The Hall–Kier alpha value is -3.23. The van der Waals surface area contributed by atoms with E-state index in [4.69, 9.17) is 0 Å². The van der Waals surface area contributed by atoms with Gasteiger partial charge in [-0.15, -0.1) is 0 Å². The molecule has 0 unspecified atom stereocenters. The molecule has 0 aromatic heterocycles. The predicted octanol–water partition coefficient (Wildman–Crippen LogP) is 3.90. The van der Waals surface area contributed by atoms with Crippen molar-refractivity contribution in [2.45, 2.75) is 11.8 Å². The van der Waals surface area contributed by atoms with Gasteiger partial charge in [0.1, 0.15) is 5.82 Å². The van der Waals surface area contributed by atoms with Crippen LogP contribution in [-0.4, -0.2) is 44.8 Å². The first-order valence-electron chi connectivity index (χ1n) is 10.3. The molecular formula is C24H24FN3O3S. The number of hydrogen-bond acceptors (Lipinski definition) is 4. The van der Waals surface area contributed by atoms with E-state index < -0.39 is 10.0 Å². The maximum atomic E-state index is 13.2. The zero-order chi connectivity index (χ0) is 22.7. The summed E-state index contributed by atoms with van der Waals surface area (Å²) in [6.45, 7) is 3.49. The van der Waals surface area contributed by atoms with E-state index >= 15 is 0 Å². The average molecular weight is 454 g/mol. The van der Waals surface area contributed by atoms with Gasteiger partial charge in [0.15, 0.2) is 0 Å². The Bertz CT molecular complexity index is 1210. The predicted molar refractivity (Wildman–Crippen MR) is 123 cm³/mol. The van der Waals surface area contributed by atoms with Gasteiger partial charge in [-0.25, -0.2) is 12.8 Å². The number of rotatable bonds is 5. The first kappa shape index (κ1) is 22.0. The van der Waals surface area contributed by atoms with Crippen molar-refractivity contribution < 1.29 is 17.6 Å². The van der Waals surface area contributed by atoms with E-state index in [2.05, 4.69) is 5.32 Å². The van der Waals surface area contributed by atoms with Crippen molar-refractivity contribution in [3.63, 3.8) is 0 Å². The molecule has 1 amide bonds. The minimum atomic E-state index is -3.66. The Morgan fingerprint density at radius 3 is 2.19 bits per heavy atom. The van der Waals surface area contributed by atoms with Crippen molar-refractivity contribution in [3.05, 3.63) is 89.7 Å². The molecule has 0 bridgehead atoms. The molecule has 0 spiro atoms. The fourth-order valence-electron chi connectivity index (χ4n) is 3.71. The Balaban J connectivity index is 1.44. The molecular weight excluding hydrogens is 429 g/mol. The second kappa shape index (κ2) is 9.10. The van der Waals surface area contributed by atoms with E-state index in [0.717, 1.165) is 5.69 Å². The summed E-state index contributed by atoms with van der Waals surface area (Å²) in [5, 5.41) is 2.83. The summed E-state index contributed by atoms with van der Waals surface area (Å²) in [5.74, 6) is -0.546. The fraction of sp³-hybridized carbons (Fsp3) is 0.208. The number of aryl methyl sites for hydroxylation is 1. The molecule has 1 fully saturated rings. The lowest BCUT2D eigenvalue weighted by atomic mass is 10.1. The molecule has 1 aliphatic heterocycles. The van der Waals surface area contributed by atoms with Crippen molar-refractivity contribution >= 4 is 27.3 Å². The van der Waals surface area contributed by atoms with Gasteiger partial charge in [-0.3, -0.25) is 4.79 Å². The van der Waals surface area contributed by atoms with E-state index in [9.17, 15) is 17.6 Å². The van der Waals surface area contributed by atoms with Crippen LogP contribution in [0.2, 0.25) is 0 Å². The minimum absolute atomic E-state index is 0.197. The van der Waals surface area contributed by atoms with Gasteiger partial charge in [0.25, 0.3) is 5.91 Å². The lowest BCUT2D eigenvalue weighted by Crippen LogP contribution is -2.48. The number of amides is 1. The van der Waals surface area contributed by atoms with Gasteiger partial charge in [0, 0.05) is 43.1 Å². The van der Waals surface area contributed by atoms with E-state index in [0.29, 0.717) is 43.0 Å². The smallest absolute Gasteiger partial charge is 0.255 e. The van der Waals surface area contributed by atoms with E-state index in [-0.39, 0.29) is 16.6 Å². The number of nitrogens with one attached hydrogen (secondary N) is 1. The number of carbonyl (C=O) groups excluding carboxylic acids is 1. The summed E-state index contributed by atoms with van der Waals surface area (Å²) in [6.07, 6.45) is 0. The molecule has 3 aromatic rings. The van der Waals surface area contributed by atoms with Crippen LogP contribution in [0.4, 0.5) is 15.8 Å². The zero-order valence-corrected chi connectivity index (χ0v) is 18.5. The second-order valence-corrected chi connectivity index (χ2v) is 9.60. The molecule has 1 heterocycles. The maximum absolute atomic E-state index is 13.2. The van der Waals surface area contributed by atoms with Gasteiger partial charge >= 0.3 is 0 Å². The van der Waals surface area contributed by atoms with Gasteiger partial charge < -0.3 is 10.2 Å². The Morgan fingerprint density at radius 1 is 0.906 bits per heavy atom. The van der Waals surface area contributed by atoms with E-state index in [1.54, 1.807) is 55.5 Å². The SMILES string of the molecule is Cc1cc(S(=O)(=O)N2CCN(c3ccc(F)cc3)CC2)ccc1NC(=O)c1ccccc1. The molecule has 0 atom stereocenters. The highest BCUT2D eigenvalue weighted by atomic mass is 32.2. The Labute approximate surface area is 187 Å². The van der Waals surface area contributed by atoms with Crippen LogP contribution in [-0.2, 0) is 10.0 Å². The number of anilines is 2. The van der Waals surface area contributed by atoms with Gasteiger partial charge in [-0.05, 0) is 67.1 Å². The van der Waals surface area contributed by atoms with Gasteiger partial charge in [-0.2, -0.15) is 4.31 Å². The molecule has 0 radical (unpaired) electrons. The number of hydrogen-bond donors (Lipinski definition) is 1. The summed E-state index contributed by atoms with van der Waals surface area (Å²) in [4.78, 5) is 14.6. The zero-order valence-electron chi connectivity index (χ0n) is 17.7. The summed E-state index contributed by atoms with van der Waals surface area (Å²) in [6, 6.07) is 19.8. The van der Waals surface area contributed by atoms with E-state index in [1.807, 2.05) is 11.0 Å². The minimum Gasteiger partial charge on any atom is -0.369 e.